The van der Waals surface area contributed by atoms with Crippen LogP contribution in [0, 0.1) is 0 Å². The molecule has 3 aromatic heterocycles. The van der Waals surface area contributed by atoms with Crippen molar-refractivity contribution in [3.63, 3.8) is 0 Å². The molecule has 0 saturated carbocycles. The summed E-state index contributed by atoms with van der Waals surface area (Å²) in [6.45, 7) is 8.31. The Morgan fingerprint density at radius 2 is 1.97 bits per heavy atom. The molecule has 2 saturated heterocycles. The van der Waals surface area contributed by atoms with E-state index in [2.05, 4.69) is 45.9 Å². The van der Waals surface area contributed by atoms with Crippen LogP contribution in [0.15, 0.2) is 30.7 Å². The molecule has 10 nitrogen and oxygen atoms in total. The smallest absolute Gasteiger partial charge is 0.227 e. The zero-order valence-electron chi connectivity index (χ0n) is 22.3. The molecule has 38 heavy (non-hydrogen) atoms. The standard InChI is InChI=1S/C27H36FN7O3/c1-16(2)19-12-31-26(35-15-23(17(35)3)38-10-9-36)20-13-30-25(11-18(19)20)32-24-5-7-29-27(33-24)34-8-6-22(37-4)21(28)14-34/h5,7,11-13,16-17,21-23,36H,6,8-10,14-15H2,1-4H3,(H,29,30,32,33)/t17-,21+,22-,23+/m1/s1. The van der Waals surface area contributed by atoms with Gasteiger partial charge in [-0.25, -0.2) is 19.3 Å². The van der Waals surface area contributed by atoms with Crippen molar-refractivity contribution in [2.24, 2.45) is 0 Å². The van der Waals surface area contributed by atoms with Gasteiger partial charge in [-0.2, -0.15) is 4.98 Å². The normalized spacial score (nSPS) is 23.7. The number of aliphatic hydroxyl groups is 1. The van der Waals surface area contributed by atoms with E-state index in [1.54, 1.807) is 19.4 Å². The maximum atomic E-state index is 14.4. The third kappa shape index (κ3) is 5.23. The zero-order chi connectivity index (χ0) is 26.8. The van der Waals surface area contributed by atoms with E-state index in [1.165, 1.54) is 0 Å². The second-order valence-corrected chi connectivity index (χ2v) is 10.2. The van der Waals surface area contributed by atoms with Crippen LogP contribution in [0.5, 0.6) is 0 Å². The highest BCUT2D eigenvalue weighted by atomic mass is 19.1. The average molecular weight is 526 g/mol. The van der Waals surface area contributed by atoms with Gasteiger partial charge in [0.15, 0.2) is 0 Å². The van der Waals surface area contributed by atoms with Gasteiger partial charge in [0.2, 0.25) is 5.95 Å². The number of halogens is 1. The fourth-order valence-electron chi connectivity index (χ4n) is 5.18. The number of methoxy groups -OCH3 is 1. The van der Waals surface area contributed by atoms with Crippen molar-refractivity contribution in [3.8, 4) is 0 Å². The minimum Gasteiger partial charge on any atom is -0.394 e. The summed E-state index contributed by atoms with van der Waals surface area (Å²) in [5, 5.41) is 14.4. The number of anilines is 4. The van der Waals surface area contributed by atoms with E-state index in [4.69, 9.17) is 19.6 Å². The number of fused-ring (bicyclic) bond motifs is 1. The number of aromatic nitrogens is 4. The lowest BCUT2D eigenvalue weighted by atomic mass is 9.96. The van der Waals surface area contributed by atoms with Gasteiger partial charge < -0.3 is 29.7 Å². The summed E-state index contributed by atoms with van der Waals surface area (Å²) in [5.74, 6) is 2.88. The van der Waals surface area contributed by atoms with Crippen molar-refractivity contribution in [3.05, 3.63) is 36.3 Å². The Bertz CT molecular complexity index is 1260. The van der Waals surface area contributed by atoms with Gasteiger partial charge in [0, 0.05) is 44.2 Å². The number of alkyl halides is 1. The van der Waals surface area contributed by atoms with Crippen LogP contribution in [-0.4, -0.2) is 89.4 Å². The molecule has 5 rings (SSSR count). The van der Waals surface area contributed by atoms with Crippen LogP contribution in [0.3, 0.4) is 0 Å². The summed E-state index contributed by atoms with van der Waals surface area (Å²) >= 11 is 0. The number of piperidine rings is 1. The molecule has 0 unspecified atom stereocenters. The number of nitrogens with zero attached hydrogens (tertiary/aromatic N) is 6. The fourth-order valence-corrected chi connectivity index (χ4v) is 5.18. The predicted octanol–water partition coefficient (Wildman–Crippen LogP) is 3.44. The van der Waals surface area contributed by atoms with Crippen LogP contribution in [0.1, 0.15) is 38.7 Å². The molecule has 2 aliphatic rings. The maximum absolute atomic E-state index is 14.4. The minimum atomic E-state index is -1.08. The summed E-state index contributed by atoms with van der Waals surface area (Å²) in [5.41, 5.74) is 1.13. The van der Waals surface area contributed by atoms with Gasteiger partial charge in [0.05, 0.1) is 38.0 Å². The lowest BCUT2D eigenvalue weighted by molar-refractivity contribution is -0.00971. The van der Waals surface area contributed by atoms with Crippen LogP contribution in [-0.2, 0) is 9.47 Å². The first-order valence-electron chi connectivity index (χ1n) is 13.2. The Morgan fingerprint density at radius 1 is 1.13 bits per heavy atom. The highest BCUT2D eigenvalue weighted by Crippen LogP contribution is 2.36. The van der Waals surface area contributed by atoms with Crippen LogP contribution >= 0.6 is 0 Å². The second-order valence-electron chi connectivity index (χ2n) is 10.2. The van der Waals surface area contributed by atoms with Gasteiger partial charge in [-0.3, -0.25) is 0 Å². The van der Waals surface area contributed by atoms with Crippen molar-refractivity contribution >= 4 is 34.2 Å². The number of rotatable bonds is 9. The minimum absolute atomic E-state index is 0.0176. The van der Waals surface area contributed by atoms with Gasteiger partial charge in [-0.15, -0.1) is 0 Å². The average Bonchev–Trinajstić information content (AvgIpc) is 2.92. The Kier molecular flexibility index (Phi) is 7.87. The molecule has 5 heterocycles. The van der Waals surface area contributed by atoms with E-state index < -0.39 is 6.17 Å². The van der Waals surface area contributed by atoms with E-state index in [0.717, 1.165) is 28.7 Å². The first kappa shape index (κ1) is 26.5. The molecular formula is C27H36FN7O3. The van der Waals surface area contributed by atoms with E-state index in [-0.39, 0.29) is 37.3 Å². The molecule has 0 aromatic carbocycles. The van der Waals surface area contributed by atoms with Crippen LogP contribution in [0.25, 0.3) is 10.8 Å². The van der Waals surface area contributed by atoms with Crippen molar-refractivity contribution in [2.45, 2.75) is 57.5 Å². The lowest BCUT2D eigenvalue weighted by Gasteiger charge is -2.47. The molecule has 0 amide bonds. The van der Waals surface area contributed by atoms with Crippen LogP contribution in [0.4, 0.5) is 27.8 Å². The molecule has 3 aromatic rings. The van der Waals surface area contributed by atoms with Gasteiger partial charge in [-0.1, -0.05) is 13.8 Å². The quantitative estimate of drug-likeness (QED) is 0.431. The number of ether oxygens (including phenoxy) is 2. The van der Waals surface area contributed by atoms with Crippen LogP contribution in [0.2, 0.25) is 0 Å². The van der Waals surface area contributed by atoms with Crippen molar-refractivity contribution in [2.75, 3.05) is 55.1 Å². The van der Waals surface area contributed by atoms with Gasteiger partial charge in [0.25, 0.3) is 0 Å². The summed E-state index contributed by atoms with van der Waals surface area (Å²) in [4.78, 5) is 22.5. The SMILES string of the molecule is CO[C@@H]1CCN(c2nccc(Nc3cc4c(C(C)C)cnc(N5C[C@H](OCCO)[C@H]5C)c4cn3)n2)C[C@@H]1F. The number of hydrogen-bond acceptors (Lipinski definition) is 10. The lowest BCUT2D eigenvalue weighted by Crippen LogP contribution is -2.60. The molecule has 0 aliphatic carbocycles. The third-order valence-electron chi connectivity index (χ3n) is 7.47. The first-order valence-corrected chi connectivity index (χ1v) is 13.2. The summed E-state index contributed by atoms with van der Waals surface area (Å²) in [6, 6.07) is 3.96. The molecule has 2 fully saturated rings. The number of hydrogen-bond donors (Lipinski definition) is 2. The van der Waals surface area contributed by atoms with Crippen molar-refractivity contribution in [1.29, 1.82) is 0 Å². The topological polar surface area (TPSA) is 109 Å². The summed E-state index contributed by atoms with van der Waals surface area (Å²) in [7, 11) is 1.54. The molecule has 0 bridgehead atoms. The molecule has 204 valence electrons. The number of nitrogens with one attached hydrogen (secondary N) is 1. The monoisotopic (exact) mass is 525 g/mol. The fraction of sp³-hybridized carbons (Fsp3) is 0.556. The zero-order valence-corrected chi connectivity index (χ0v) is 22.3. The van der Waals surface area contributed by atoms with Crippen molar-refractivity contribution < 1.29 is 19.0 Å². The highest BCUT2D eigenvalue weighted by Gasteiger charge is 2.38. The molecule has 4 atom stereocenters. The van der Waals surface area contributed by atoms with E-state index >= 15 is 0 Å². The largest absolute Gasteiger partial charge is 0.394 e. The Labute approximate surface area is 222 Å². The molecule has 2 N–H and O–H groups in total. The molecule has 0 radical (unpaired) electrons. The molecule has 2 aliphatic heterocycles. The Hall–Kier alpha value is -3.15. The molecule has 11 heteroatoms. The number of pyridine rings is 2. The predicted molar refractivity (Wildman–Crippen MR) is 145 cm³/mol. The van der Waals surface area contributed by atoms with Gasteiger partial charge >= 0.3 is 0 Å². The third-order valence-corrected chi connectivity index (χ3v) is 7.47. The Balaban J connectivity index is 1.38. The molecule has 0 spiro atoms. The number of aliphatic hydroxyl groups excluding tert-OH is 1. The Morgan fingerprint density at radius 3 is 2.68 bits per heavy atom. The van der Waals surface area contributed by atoms with Gasteiger partial charge in [0.1, 0.15) is 23.6 Å². The first-order chi connectivity index (χ1) is 18.4. The summed E-state index contributed by atoms with van der Waals surface area (Å²) in [6.07, 6.45) is 4.65. The second kappa shape index (κ2) is 11.3. The van der Waals surface area contributed by atoms with Gasteiger partial charge in [-0.05, 0) is 42.3 Å². The maximum Gasteiger partial charge on any atom is 0.227 e. The summed E-state index contributed by atoms with van der Waals surface area (Å²) < 4.78 is 25.4. The van der Waals surface area contributed by atoms with Crippen LogP contribution < -0.4 is 15.1 Å². The van der Waals surface area contributed by atoms with Crippen molar-refractivity contribution in [1.82, 2.24) is 19.9 Å². The van der Waals surface area contributed by atoms with E-state index in [0.29, 0.717) is 37.2 Å². The van der Waals surface area contributed by atoms with E-state index in [1.807, 2.05) is 23.4 Å². The highest BCUT2D eigenvalue weighted by molar-refractivity contribution is 5.96. The van der Waals surface area contributed by atoms with E-state index in [9.17, 15) is 4.39 Å². The molecular weight excluding hydrogens is 489 g/mol.